The van der Waals surface area contributed by atoms with Crippen molar-refractivity contribution in [2.24, 2.45) is 5.92 Å². The molecule has 3 heteroatoms. The van der Waals surface area contributed by atoms with Crippen LogP contribution in [0.25, 0.3) is 0 Å². The van der Waals surface area contributed by atoms with E-state index in [0.717, 1.165) is 0 Å². The van der Waals surface area contributed by atoms with Gasteiger partial charge in [0.2, 0.25) is 0 Å². The quantitative estimate of drug-likeness (QED) is 0.831. The van der Waals surface area contributed by atoms with E-state index in [2.05, 4.69) is 19.2 Å². The van der Waals surface area contributed by atoms with Crippen molar-refractivity contribution in [3.8, 4) is 5.75 Å². The minimum absolute atomic E-state index is 0.236. The second kappa shape index (κ2) is 5.85. The summed E-state index contributed by atoms with van der Waals surface area (Å²) < 4.78 is 18.8. The van der Waals surface area contributed by atoms with Crippen molar-refractivity contribution in [1.29, 1.82) is 0 Å². The lowest BCUT2D eigenvalue weighted by Gasteiger charge is -2.19. The van der Waals surface area contributed by atoms with E-state index in [0.29, 0.717) is 29.7 Å². The summed E-state index contributed by atoms with van der Waals surface area (Å²) in [6.07, 6.45) is 0.713. The predicted molar refractivity (Wildman–Crippen MR) is 64.3 cm³/mol. The third-order valence-electron chi connectivity index (χ3n) is 3.11. The van der Waals surface area contributed by atoms with Crippen molar-refractivity contribution < 1.29 is 9.13 Å². The minimum Gasteiger partial charge on any atom is -0.494 e. The summed E-state index contributed by atoms with van der Waals surface area (Å²) in [6.45, 7) is 4.21. The van der Waals surface area contributed by atoms with Gasteiger partial charge in [0.25, 0.3) is 0 Å². The average Bonchev–Trinajstić information content (AvgIpc) is 2.30. The van der Waals surface area contributed by atoms with E-state index in [1.54, 1.807) is 6.07 Å². The van der Waals surface area contributed by atoms with E-state index in [1.165, 1.54) is 7.11 Å². The van der Waals surface area contributed by atoms with Crippen LogP contribution in [0.5, 0.6) is 5.75 Å². The van der Waals surface area contributed by atoms with Crippen molar-refractivity contribution in [1.82, 2.24) is 5.32 Å². The van der Waals surface area contributed by atoms with Gasteiger partial charge in [-0.25, -0.2) is 4.39 Å². The molecule has 1 N–H and O–H groups in total. The maximum Gasteiger partial charge on any atom is 0.168 e. The van der Waals surface area contributed by atoms with E-state index in [4.69, 9.17) is 4.74 Å². The molecular formula is C13H20FNO. The lowest BCUT2D eigenvalue weighted by molar-refractivity contribution is 0.377. The number of nitrogens with one attached hydrogen (secondary N) is 1. The fraction of sp³-hybridized carbons (Fsp3) is 0.538. The van der Waals surface area contributed by atoms with E-state index in [1.807, 2.05) is 19.2 Å². The molecule has 0 aliphatic carbocycles. The van der Waals surface area contributed by atoms with Crippen LogP contribution >= 0.6 is 0 Å². The molecule has 0 saturated heterocycles. The van der Waals surface area contributed by atoms with Gasteiger partial charge in [-0.15, -0.1) is 0 Å². The number of rotatable bonds is 5. The van der Waals surface area contributed by atoms with Gasteiger partial charge in [0, 0.05) is 6.04 Å². The maximum absolute atomic E-state index is 13.9. The van der Waals surface area contributed by atoms with E-state index in [-0.39, 0.29) is 5.82 Å². The molecule has 2 nitrogen and oxygen atoms in total. The number of hydrogen-bond acceptors (Lipinski definition) is 2. The summed E-state index contributed by atoms with van der Waals surface area (Å²) in [5.41, 5.74) is 0.717. The van der Waals surface area contributed by atoms with Crippen molar-refractivity contribution in [3.63, 3.8) is 0 Å². The summed E-state index contributed by atoms with van der Waals surface area (Å²) in [6, 6.07) is 5.65. The van der Waals surface area contributed by atoms with Crippen LogP contribution in [0.15, 0.2) is 18.2 Å². The molecule has 0 fully saturated rings. The standard InChI is InChI=1S/C13H20FNO/c1-9(10(2)15-3)8-11-6-5-7-12(16-4)13(11)14/h5-7,9-10,15H,8H2,1-4H3. The third kappa shape index (κ3) is 2.95. The topological polar surface area (TPSA) is 21.3 Å². The van der Waals surface area contributed by atoms with Crippen LogP contribution in [0.4, 0.5) is 4.39 Å². The van der Waals surface area contributed by atoms with Crippen molar-refractivity contribution in [3.05, 3.63) is 29.6 Å². The second-order valence-electron chi connectivity index (χ2n) is 4.19. The number of methoxy groups -OCH3 is 1. The van der Waals surface area contributed by atoms with E-state index >= 15 is 0 Å². The monoisotopic (exact) mass is 225 g/mol. The summed E-state index contributed by atoms with van der Waals surface area (Å²) in [5, 5.41) is 3.18. The molecular weight excluding hydrogens is 205 g/mol. The summed E-state index contributed by atoms with van der Waals surface area (Å²) in [4.78, 5) is 0. The van der Waals surface area contributed by atoms with Crippen molar-refractivity contribution >= 4 is 0 Å². The first-order chi connectivity index (χ1) is 7.60. The zero-order valence-electron chi connectivity index (χ0n) is 10.4. The lowest BCUT2D eigenvalue weighted by atomic mass is 9.94. The molecule has 0 amide bonds. The van der Waals surface area contributed by atoms with Gasteiger partial charge in [-0.1, -0.05) is 19.1 Å². The summed E-state index contributed by atoms with van der Waals surface area (Å²) in [5.74, 6) is 0.466. The Kier molecular flexibility index (Phi) is 4.74. The highest BCUT2D eigenvalue weighted by molar-refractivity contribution is 5.31. The van der Waals surface area contributed by atoms with Gasteiger partial charge in [-0.3, -0.25) is 0 Å². The fourth-order valence-corrected chi connectivity index (χ4v) is 1.68. The van der Waals surface area contributed by atoms with E-state index in [9.17, 15) is 4.39 Å². The zero-order chi connectivity index (χ0) is 12.1. The molecule has 0 heterocycles. The number of ether oxygens (including phenoxy) is 1. The highest BCUT2D eigenvalue weighted by Crippen LogP contribution is 2.23. The molecule has 0 spiro atoms. The largest absolute Gasteiger partial charge is 0.494 e. The minimum atomic E-state index is -0.236. The zero-order valence-corrected chi connectivity index (χ0v) is 10.4. The third-order valence-corrected chi connectivity index (χ3v) is 3.11. The molecule has 0 radical (unpaired) electrons. The first-order valence-corrected chi connectivity index (χ1v) is 5.58. The number of hydrogen-bond donors (Lipinski definition) is 1. The molecule has 0 aliphatic rings. The van der Waals surface area contributed by atoms with Gasteiger partial charge >= 0.3 is 0 Å². The van der Waals surface area contributed by atoms with Gasteiger partial charge in [0.05, 0.1) is 7.11 Å². The Hall–Kier alpha value is -1.09. The maximum atomic E-state index is 13.9. The molecule has 1 aromatic carbocycles. The van der Waals surface area contributed by atoms with Gasteiger partial charge in [-0.05, 0) is 37.9 Å². The Morgan fingerprint density at radius 3 is 2.62 bits per heavy atom. The first kappa shape index (κ1) is 13.0. The van der Waals surface area contributed by atoms with Crippen LogP contribution < -0.4 is 10.1 Å². The molecule has 0 bridgehead atoms. The molecule has 1 aromatic rings. The number of benzene rings is 1. The average molecular weight is 225 g/mol. The van der Waals surface area contributed by atoms with Crippen LogP contribution in [0, 0.1) is 11.7 Å². The Balaban J connectivity index is 2.81. The molecule has 16 heavy (non-hydrogen) atoms. The Morgan fingerprint density at radius 1 is 1.38 bits per heavy atom. The van der Waals surface area contributed by atoms with Crippen LogP contribution in [-0.4, -0.2) is 20.2 Å². The normalized spacial score (nSPS) is 14.6. The van der Waals surface area contributed by atoms with Crippen LogP contribution in [0.3, 0.4) is 0 Å². The van der Waals surface area contributed by atoms with Crippen molar-refractivity contribution in [2.75, 3.05) is 14.2 Å². The Morgan fingerprint density at radius 2 is 2.06 bits per heavy atom. The lowest BCUT2D eigenvalue weighted by Crippen LogP contribution is -2.30. The molecule has 0 aliphatic heterocycles. The number of halogens is 1. The van der Waals surface area contributed by atoms with Gasteiger partial charge in [0.1, 0.15) is 0 Å². The Labute approximate surface area is 96.8 Å². The molecule has 2 atom stereocenters. The summed E-state index contributed by atoms with van der Waals surface area (Å²) in [7, 11) is 3.41. The molecule has 2 unspecified atom stereocenters. The smallest absolute Gasteiger partial charge is 0.168 e. The van der Waals surface area contributed by atoms with E-state index < -0.39 is 0 Å². The summed E-state index contributed by atoms with van der Waals surface area (Å²) >= 11 is 0. The Bertz CT molecular complexity index is 341. The SMILES string of the molecule is CNC(C)C(C)Cc1cccc(OC)c1F. The van der Waals surface area contributed by atoms with Crippen molar-refractivity contribution in [2.45, 2.75) is 26.3 Å². The van der Waals surface area contributed by atoms with Gasteiger partial charge in [0.15, 0.2) is 11.6 Å². The van der Waals surface area contributed by atoms with Gasteiger partial charge in [-0.2, -0.15) is 0 Å². The van der Waals surface area contributed by atoms with Crippen LogP contribution in [0.2, 0.25) is 0 Å². The molecule has 1 rings (SSSR count). The predicted octanol–water partition coefficient (Wildman–Crippen LogP) is 2.62. The highest BCUT2D eigenvalue weighted by atomic mass is 19.1. The van der Waals surface area contributed by atoms with Gasteiger partial charge < -0.3 is 10.1 Å². The molecule has 90 valence electrons. The first-order valence-electron chi connectivity index (χ1n) is 5.58. The fourth-order valence-electron chi connectivity index (χ4n) is 1.68. The van der Waals surface area contributed by atoms with Crippen LogP contribution in [-0.2, 0) is 6.42 Å². The highest BCUT2D eigenvalue weighted by Gasteiger charge is 2.15. The van der Waals surface area contributed by atoms with Crippen LogP contribution in [0.1, 0.15) is 19.4 Å². The molecule has 0 saturated carbocycles. The second-order valence-corrected chi connectivity index (χ2v) is 4.19. The molecule has 0 aromatic heterocycles.